The molecule has 70 valence electrons. The van der Waals surface area contributed by atoms with E-state index in [0.717, 1.165) is 11.4 Å². The molecular formula is C12H12N2. The Bertz CT molecular complexity index is 410. The summed E-state index contributed by atoms with van der Waals surface area (Å²) in [7, 11) is 0. The molecule has 0 saturated heterocycles. The quantitative estimate of drug-likeness (QED) is 0.775. The zero-order valence-corrected chi connectivity index (χ0v) is 8.07. The average Bonchev–Trinajstić information content (AvgIpc) is 2.23. The summed E-state index contributed by atoms with van der Waals surface area (Å²) < 4.78 is 0. The smallest absolute Gasteiger partial charge is 0.0600 e. The first kappa shape index (κ1) is 8.75. The van der Waals surface area contributed by atoms with Gasteiger partial charge in [0, 0.05) is 11.9 Å². The van der Waals surface area contributed by atoms with Gasteiger partial charge in [-0.15, -0.1) is 0 Å². The van der Waals surface area contributed by atoms with Crippen LogP contribution in [-0.2, 0) is 0 Å². The van der Waals surface area contributed by atoms with Crippen molar-refractivity contribution >= 4 is 11.4 Å². The van der Waals surface area contributed by atoms with E-state index in [1.54, 1.807) is 6.20 Å². The molecule has 0 bridgehead atoms. The fraction of sp³-hybridized carbons (Fsp3) is 0.0833. The Morgan fingerprint density at radius 3 is 2.57 bits per heavy atom. The summed E-state index contributed by atoms with van der Waals surface area (Å²) in [6.45, 7) is 2.06. The molecule has 0 aliphatic rings. The molecular weight excluding hydrogens is 172 g/mol. The first-order valence-corrected chi connectivity index (χ1v) is 4.59. The predicted molar refractivity (Wildman–Crippen MR) is 58.7 cm³/mol. The second-order valence-electron chi connectivity index (χ2n) is 3.18. The number of anilines is 2. The molecule has 2 aromatic rings. The number of nitrogens with zero attached hydrogens (tertiary/aromatic N) is 1. The monoisotopic (exact) mass is 184 g/mol. The van der Waals surface area contributed by atoms with Gasteiger partial charge in [0.25, 0.3) is 0 Å². The van der Waals surface area contributed by atoms with Crippen molar-refractivity contribution in [3.05, 3.63) is 54.4 Å². The Hall–Kier alpha value is -1.83. The number of pyridine rings is 1. The lowest BCUT2D eigenvalue weighted by Gasteiger charge is -2.07. The van der Waals surface area contributed by atoms with E-state index >= 15 is 0 Å². The van der Waals surface area contributed by atoms with Gasteiger partial charge in [0.2, 0.25) is 0 Å². The van der Waals surface area contributed by atoms with E-state index in [0.29, 0.717) is 0 Å². The number of para-hydroxylation sites is 1. The third-order valence-corrected chi connectivity index (χ3v) is 2.09. The number of aromatic nitrogens is 1. The molecule has 1 aromatic heterocycles. The number of rotatable bonds is 2. The molecule has 0 fully saturated rings. The number of hydrogen-bond acceptors (Lipinski definition) is 2. The van der Waals surface area contributed by atoms with Gasteiger partial charge in [-0.3, -0.25) is 4.98 Å². The third kappa shape index (κ3) is 1.91. The molecule has 1 N–H and O–H groups in total. The minimum absolute atomic E-state index is 1.05. The Balaban J connectivity index is 2.24. The van der Waals surface area contributed by atoms with Gasteiger partial charge in [-0.05, 0) is 30.7 Å². The van der Waals surface area contributed by atoms with Crippen LogP contribution in [0, 0.1) is 6.92 Å². The number of hydrogen-bond donors (Lipinski definition) is 1. The van der Waals surface area contributed by atoms with Crippen LogP contribution in [0.2, 0.25) is 0 Å². The first-order chi connectivity index (χ1) is 6.86. The molecule has 0 saturated carbocycles. The minimum atomic E-state index is 1.05. The lowest BCUT2D eigenvalue weighted by molar-refractivity contribution is 1.28. The zero-order chi connectivity index (χ0) is 9.80. The van der Waals surface area contributed by atoms with Crippen LogP contribution in [0.1, 0.15) is 5.56 Å². The van der Waals surface area contributed by atoms with E-state index in [4.69, 9.17) is 0 Å². The van der Waals surface area contributed by atoms with E-state index in [9.17, 15) is 0 Å². The lowest BCUT2D eigenvalue weighted by atomic mass is 10.2. The maximum absolute atomic E-state index is 4.08. The second-order valence-corrected chi connectivity index (χ2v) is 3.18. The van der Waals surface area contributed by atoms with Crippen molar-refractivity contribution in [2.45, 2.75) is 6.92 Å². The van der Waals surface area contributed by atoms with E-state index in [-0.39, 0.29) is 0 Å². The average molecular weight is 184 g/mol. The third-order valence-electron chi connectivity index (χ3n) is 2.09. The number of nitrogens with one attached hydrogen (secondary N) is 1. The second kappa shape index (κ2) is 3.92. The van der Waals surface area contributed by atoms with Crippen molar-refractivity contribution in [1.29, 1.82) is 0 Å². The van der Waals surface area contributed by atoms with Crippen molar-refractivity contribution in [2.75, 3.05) is 5.32 Å². The van der Waals surface area contributed by atoms with Crippen molar-refractivity contribution in [3.63, 3.8) is 0 Å². The van der Waals surface area contributed by atoms with Gasteiger partial charge in [-0.2, -0.15) is 0 Å². The first-order valence-electron chi connectivity index (χ1n) is 4.59. The fourth-order valence-corrected chi connectivity index (χ4v) is 1.27. The summed E-state index contributed by atoms with van der Waals surface area (Å²) >= 11 is 0. The highest BCUT2D eigenvalue weighted by Gasteiger charge is 1.96. The molecule has 0 aliphatic carbocycles. The van der Waals surface area contributed by atoms with Gasteiger partial charge in [0.15, 0.2) is 0 Å². The molecule has 0 unspecified atom stereocenters. The fourth-order valence-electron chi connectivity index (χ4n) is 1.27. The molecule has 1 heterocycles. The van der Waals surface area contributed by atoms with Crippen LogP contribution in [0.25, 0.3) is 0 Å². The molecule has 2 heteroatoms. The highest BCUT2D eigenvalue weighted by atomic mass is 14.9. The minimum Gasteiger partial charge on any atom is -0.354 e. The normalized spacial score (nSPS) is 9.79. The summed E-state index contributed by atoms with van der Waals surface area (Å²) in [5.41, 5.74) is 3.34. The Kier molecular flexibility index (Phi) is 2.45. The van der Waals surface area contributed by atoms with Gasteiger partial charge in [-0.1, -0.05) is 18.2 Å². The highest BCUT2D eigenvalue weighted by Crippen LogP contribution is 2.17. The molecule has 0 radical (unpaired) electrons. The molecule has 2 nitrogen and oxygen atoms in total. The molecule has 2 rings (SSSR count). The molecule has 0 atom stereocenters. The van der Waals surface area contributed by atoms with E-state index < -0.39 is 0 Å². The van der Waals surface area contributed by atoms with E-state index in [2.05, 4.69) is 17.2 Å². The maximum Gasteiger partial charge on any atom is 0.0600 e. The van der Waals surface area contributed by atoms with Gasteiger partial charge >= 0.3 is 0 Å². The van der Waals surface area contributed by atoms with Crippen LogP contribution in [-0.4, -0.2) is 4.98 Å². The van der Waals surface area contributed by atoms with E-state index in [1.165, 1.54) is 5.56 Å². The van der Waals surface area contributed by atoms with Crippen molar-refractivity contribution in [2.24, 2.45) is 0 Å². The largest absolute Gasteiger partial charge is 0.354 e. The number of aryl methyl sites for hydroxylation is 1. The SMILES string of the molecule is Cc1ccncc1Nc1ccccc1. The standard InChI is InChI=1S/C12H12N2/c1-10-7-8-13-9-12(10)14-11-5-3-2-4-6-11/h2-9,14H,1H3. The predicted octanol–water partition coefficient (Wildman–Crippen LogP) is 3.13. The van der Waals surface area contributed by atoms with Crippen LogP contribution in [0.4, 0.5) is 11.4 Å². The topological polar surface area (TPSA) is 24.9 Å². The highest BCUT2D eigenvalue weighted by molar-refractivity contribution is 5.61. The summed E-state index contributed by atoms with van der Waals surface area (Å²) in [6.07, 6.45) is 3.63. The van der Waals surface area contributed by atoms with Crippen molar-refractivity contribution in [1.82, 2.24) is 4.98 Å². The summed E-state index contributed by atoms with van der Waals surface area (Å²) in [6, 6.07) is 12.1. The molecule has 0 spiro atoms. The Labute approximate surface area is 83.6 Å². The Morgan fingerprint density at radius 1 is 1.07 bits per heavy atom. The molecule has 1 aromatic carbocycles. The summed E-state index contributed by atoms with van der Waals surface area (Å²) in [5.74, 6) is 0. The van der Waals surface area contributed by atoms with Crippen molar-refractivity contribution < 1.29 is 0 Å². The molecule has 0 amide bonds. The van der Waals surface area contributed by atoms with Crippen LogP contribution in [0.15, 0.2) is 48.8 Å². The zero-order valence-electron chi connectivity index (χ0n) is 8.07. The van der Waals surface area contributed by atoms with Crippen LogP contribution in [0.3, 0.4) is 0 Å². The summed E-state index contributed by atoms with van der Waals surface area (Å²) in [4.78, 5) is 4.08. The van der Waals surface area contributed by atoms with Gasteiger partial charge < -0.3 is 5.32 Å². The maximum atomic E-state index is 4.08. The lowest BCUT2D eigenvalue weighted by Crippen LogP contribution is -1.92. The Morgan fingerprint density at radius 2 is 1.86 bits per heavy atom. The van der Waals surface area contributed by atoms with Crippen molar-refractivity contribution in [3.8, 4) is 0 Å². The van der Waals surface area contributed by atoms with Crippen LogP contribution in [0.5, 0.6) is 0 Å². The van der Waals surface area contributed by atoms with Gasteiger partial charge in [0.1, 0.15) is 0 Å². The number of benzene rings is 1. The molecule has 0 aliphatic heterocycles. The van der Waals surface area contributed by atoms with E-state index in [1.807, 2.05) is 42.6 Å². The summed E-state index contributed by atoms with van der Waals surface area (Å²) in [5, 5.41) is 3.31. The van der Waals surface area contributed by atoms with Gasteiger partial charge in [0.05, 0.1) is 11.9 Å². The van der Waals surface area contributed by atoms with Gasteiger partial charge in [-0.25, -0.2) is 0 Å². The van der Waals surface area contributed by atoms with Crippen LogP contribution >= 0.6 is 0 Å². The van der Waals surface area contributed by atoms with Crippen LogP contribution < -0.4 is 5.32 Å². The molecule has 14 heavy (non-hydrogen) atoms.